The maximum Gasteiger partial charge on any atom is 0.326 e. The van der Waals surface area contributed by atoms with Crippen LogP contribution in [0, 0.1) is 0 Å². The number of carbonyl (C=O) groups excluding carboxylic acids is 5. The van der Waals surface area contributed by atoms with Crippen molar-refractivity contribution in [1.82, 2.24) is 15.5 Å². The molecular formula is C20H34N6O7S. The smallest absolute Gasteiger partial charge is 0.326 e. The lowest BCUT2D eigenvalue weighted by Crippen LogP contribution is -2.57. The number of carboxylic acid groups (broad SMARTS) is 1. The molecule has 192 valence electrons. The summed E-state index contributed by atoms with van der Waals surface area (Å²) < 4.78 is 0. The lowest BCUT2D eigenvalue weighted by Gasteiger charge is -2.30. The molecule has 1 rings (SSSR count). The Morgan fingerprint density at radius 3 is 2.18 bits per heavy atom. The first-order valence-corrected chi connectivity index (χ1v) is 12.3. The number of hydrogen-bond donors (Lipinski definition) is 6. The highest BCUT2D eigenvalue weighted by atomic mass is 32.2. The minimum absolute atomic E-state index is 0.0285. The van der Waals surface area contributed by atoms with Crippen molar-refractivity contribution in [2.45, 2.75) is 69.1 Å². The molecule has 0 radical (unpaired) electrons. The molecule has 0 saturated carbocycles. The van der Waals surface area contributed by atoms with Crippen LogP contribution in [0.4, 0.5) is 0 Å². The van der Waals surface area contributed by atoms with E-state index in [1.165, 1.54) is 16.7 Å². The van der Waals surface area contributed by atoms with Crippen LogP contribution in [0.15, 0.2) is 0 Å². The summed E-state index contributed by atoms with van der Waals surface area (Å²) in [4.78, 5) is 73.4. The van der Waals surface area contributed by atoms with E-state index in [2.05, 4.69) is 10.6 Å². The molecule has 13 nitrogen and oxygen atoms in total. The lowest BCUT2D eigenvalue weighted by atomic mass is 10.1. The van der Waals surface area contributed by atoms with Crippen LogP contribution in [0.2, 0.25) is 0 Å². The molecule has 14 heteroatoms. The van der Waals surface area contributed by atoms with E-state index >= 15 is 0 Å². The minimum atomic E-state index is -1.18. The van der Waals surface area contributed by atoms with E-state index in [-0.39, 0.29) is 38.6 Å². The number of aliphatic carboxylic acids is 1. The van der Waals surface area contributed by atoms with Gasteiger partial charge in [-0.25, -0.2) is 4.79 Å². The van der Waals surface area contributed by atoms with Gasteiger partial charge in [-0.3, -0.25) is 24.0 Å². The average molecular weight is 503 g/mol. The van der Waals surface area contributed by atoms with Gasteiger partial charge in [-0.05, 0) is 44.1 Å². The van der Waals surface area contributed by atoms with E-state index in [4.69, 9.17) is 17.2 Å². The van der Waals surface area contributed by atoms with Crippen molar-refractivity contribution in [2.24, 2.45) is 17.2 Å². The van der Waals surface area contributed by atoms with Crippen molar-refractivity contribution in [3.8, 4) is 0 Å². The molecule has 0 aromatic carbocycles. The molecule has 0 aliphatic carbocycles. The Bertz CT molecular complexity index is 781. The van der Waals surface area contributed by atoms with Gasteiger partial charge in [0.1, 0.15) is 18.1 Å². The highest BCUT2D eigenvalue weighted by molar-refractivity contribution is 7.98. The Labute approximate surface area is 201 Å². The van der Waals surface area contributed by atoms with Gasteiger partial charge in [0, 0.05) is 19.4 Å². The number of nitrogens with one attached hydrogen (secondary N) is 2. The molecule has 9 N–H and O–H groups in total. The van der Waals surface area contributed by atoms with E-state index in [1.54, 1.807) is 0 Å². The summed E-state index contributed by atoms with van der Waals surface area (Å²) in [5.74, 6) is -3.88. The van der Waals surface area contributed by atoms with Crippen molar-refractivity contribution in [3.05, 3.63) is 0 Å². The maximum atomic E-state index is 13.2. The van der Waals surface area contributed by atoms with Gasteiger partial charge in [0.25, 0.3) is 0 Å². The average Bonchev–Trinajstić information content (AvgIpc) is 3.26. The van der Waals surface area contributed by atoms with Gasteiger partial charge in [0.15, 0.2) is 0 Å². The van der Waals surface area contributed by atoms with Crippen LogP contribution in [0.25, 0.3) is 0 Å². The largest absolute Gasteiger partial charge is 0.480 e. The zero-order chi connectivity index (χ0) is 25.8. The zero-order valence-electron chi connectivity index (χ0n) is 19.2. The first-order chi connectivity index (χ1) is 16.0. The SMILES string of the molecule is CSCCC(NC(=O)C1CCCN1C(=O)C(CCC(N)=O)NC(=O)C(N)CCC(N)=O)C(=O)O. The number of nitrogens with zero attached hydrogens (tertiary/aromatic N) is 1. The molecule has 1 aliphatic rings. The Balaban J connectivity index is 2.94. The molecule has 1 aliphatic heterocycles. The van der Waals surface area contributed by atoms with Crippen LogP contribution in [-0.4, -0.2) is 88.2 Å². The summed E-state index contributed by atoms with van der Waals surface area (Å²) in [7, 11) is 0. The van der Waals surface area contributed by atoms with Crippen molar-refractivity contribution >= 4 is 47.3 Å². The first kappa shape index (κ1) is 29.2. The second-order valence-electron chi connectivity index (χ2n) is 8.05. The normalized spacial score (nSPS) is 17.9. The molecule has 0 aromatic heterocycles. The Hall–Kier alpha value is -2.87. The first-order valence-electron chi connectivity index (χ1n) is 10.9. The molecule has 1 heterocycles. The van der Waals surface area contributed by atoms with E-state index in [9.17, 15) is 33.9 Å². The quantitative estimate of drug-likeness (QED) is 0.140. The van der Waals surface area contributed by atoms with Crippen LogP contribution in [-0.2, 0) is 28.8 Å². The summed E-state index contributed by atoms with van der Waals surface area (Å²) in [6.45, 7) is 0.218. The van der Waals surface area contributed by atoms with E-state index < -0.39 is 59.7 Å². The second-order valence-corrected chi connectivity index (χ2v) is 9.03. The molecule has 4 atom stereocenters. The zero-order valence-corrected chi connectivity index (χ0v) is 20.0. The monoisotopic (exact) mass is 502 g/mol. The molecule has 0 bridgehead atoms. The highest BCUT2D eigenvalue weighted by Crippen LogP contribution is 2.20. The second kappa shape index (κ2) is 14.4. The third-order valence-corrected chi connectivity index (χ3v) is 6.04. The summed E-state index contributed by atoms with van der Waals surface area (Å²) in [5.41, 5.74) is 16.0. The molecule has 1 saturated heterocycles. The third kappa shape index (κ3) is 9.55. The van der Waals surface area contributed by atoms with Gasteiger partial charge < -0.3 is 37.8 Å². The summed E-state index contributed by atoms with van der Waals surface area (Å²) in [6, 6.07) is -4.30. The van der Waals surface area contributed by atoms with Crippen molar-refractivity contribution in [2.75, 3.05) is 18.6 Å². The van der Waals surface area contributed by atoms with Crippen LogP contribution in [0.3, 0.4) is 0 Å². The highest BCUT2D eigenvalue weighted by Gasteiger charge is 2.39. The van der Waals surface area contributed by atoms with E-state index in [1.807, 2.05) is 6.26 Å². The topological polar surface area (TPSA) is 228 Å². The van der Waals surface area contributed by atoms with E-state index in [0.29, 0.717) is 18.6 Å². The van der Waals surface area contributed by atoms with Gasteiger partial charge in [-0.1, -0.05) is 0 Å². The number of amides is 5. The number of primary amides is 2. The number of nitrogens with two attached hydrogens (primary N) is 3. The Morgan fingerprint density at radius 1 is 1.00 bits per heavy atom. The van der Waals surface area contributed by atoms with Gasteiger partial charge >= 0.3 is 5.97 Å². The standard InChI is InChI=1S/C20H34N6O7S/c1-34-10-8-13(20(32)33)25-18(30)14-3-2-9-26(14)19(31)12(5-7-16(23)28)24-17(29)11(21)4-6-15(22)27/h11-14H,2-10,21H2,1H3,(H2,22,27)(H2,23,28)(H,24,29)(H,25,30)(H,32,33). The van der Waals surface area contributed by atoms with Crippen LogP contribution >= 0.6 is 11.8 Å². The fourth-order valence-electron chi connectivity index (χ4n) is 3.52. The van der Waals surface area contributed by atoms with Gasteiger partial charge in [0.05, 0.1) is 6.04 Å². The van der Waals surface area contributed by atoms with Crippen molar-refractivity contribution in [3.63, 3.8) is 0 Å². The number of carboxylic acids is 1. The number of thioether (sulfide) groups is 1. The number of carbonyl (C=O) groups is 6. The third-order valence-electron chi connectivity index (χ3n) is 5.40. The fourth-order valence-corrected chi connectivity index (χ4v) is 3.99. The molecular weight excluding hydrogens is 468 g/mol. The maximum absolute atomic E-state index is 13.2. The molecule has 1 fully saturated rings. The van der Waals surface area contributed by atoms with E-state index in [0.717, 1.165) is 0 Å². The molecule has 0 spiro atoms. The molecule has 5 amide bonds. The fraction of sp³-hybridized carbons (Fsp3) is 0.700. The predicted molar refractivity (Wildman–Crippen MR) is 124 cm³/mol. The molecule has 4 unspecified atom stereocenters. The summed E-state index contributed by atoms with van der Waals surface area (Å²) in [5, 5.41) is 14.3. The van der Waals surface area contributed by atoms with Crippen LogP contribution in [0.5, 0.6) is 0 Å². The molecule has 0 aromatic rings. The lowest BCUT2D eigenvalue weighted by molar-refractivity contribution is -0.145. The summed E-state index contributed by atoms with van der Waals surface area (Å²) in [6.07, 6.45) is 2.40. The number of likely N-dealkylation sites (tertiary alicyclic amines) is 1. The van der Waals surface area contributed by atoms with Gasteiger partial charge in [-0.15, -0.1) is 0 Å². The Morgan fingerprint density at radius 2 is 1.62 bits per heavy atom. The number of hydrogen-bond acceptors (Lipinski definition) is 8. The van der Waals surface area contributed by atoms with Crippen LogP contribution < -0.4 is 27.8 Å². The predicted octanol–water partition coefficient (Wildman–Crippen LogP) is -2.36. The summed E-state index contributed by atoms with van der Waals surface area (Å²) >= 11 is 1.44. The van der Waals surface area contributed by atoms with Crippen LogP contribution in [0.1, 0.15) is 44.9 Å². The minimum Gasteiger partial charge on any atom is -0.480 e. The van der Waals surface area contributed by atoms with Crippen molar-refractivity contribution < 1.29 is 33.9 Å². The van der Waals surface area contributed by atoms with Crippen molar-refractivity contribution in [1.29, 1.82) is 0 Å². The number of rotatable bonds is 15. The molecule has 34 heavy (non-hydrogen) atoms. The Kier molecular flexibility index (Phi) is 12.4. The van der Waals surface area contributed by atoms with Gasteiger partial charge in [0.2, 0.25) is 29.5 Å². The van der Waals surface area contributed by atoms with Gasteiger partial charge in [-0.2, -0.15) is 11.8 Å².